The fourth-order valence-corrected chi connectivity index (χ4v) is 7.21. The van der Waals surface area contributed by atoms with Crippen molar-refractivity contribution in [3.05, 3.63) is 15.8 Å². The topological polar surface area (TPSA) is 63.4 Å². The maximum atomic E-state index is 13.1. The van der Waals surface area contributed by atoms with Gasteiger partial charge in [-0.25, -0.2) is 8.42 Å². The lowest BCUT2D eigenvalue weighted by atomic mass is 9.94. The first kappa shape index (κ1) is 14.5. The summed E-state index contributed by atoms with van der Waals surface area (Å²) < 4.78 is 27.9. The maximum Gasteiger partial charge on any atom is 0.244 e. The number of fused-ring (bicyclic) bond motifs is 1. The molecule has 1 aliphatic carbocycles. The Morgan fingerprint density at radius 3 is 2.85 bits per heavy atom. The lowest BCUT2D eigenvalue weighted by Crippen LogP contribution is -2.46. The second kappa shape index (κ2) is 5.40. The van der Waals surface area contributed by atoms with Gasteiger partial charge in [-0.3, -0.25) is 0 Å². The Morgan fingerprint density at radius 1 is 1.35 bits per heavy atom. The summed E-state index contributed by atoms with van der Waals surface area (Å²) in [5.74, 6) is 0.568. The number of sulfonamides is 1. The van der Waals surface area contributed by atoms with Gasteiger partial charge in [-0.05, 0) is 49.5 Å². The van der Waals surface area contributed by atoms with E-state index in [2.05, 4.69) is 0 Å². The molecule has 1 aromatic rings. The van der Waals surface area contributed by atoms with Gasteiger partial charge >= 0.3 is 0 Å². The fourth-order valence-electron chi connectivity index (χ4n) is 3.80. The SMILES string of the molecule is Cc1csc(CN)c1S(=O)(=O)N1CCCC2CCCC21. The predicted octanol–water partition coefficient (Wildman–Crippen LogP) is 2.47. The second-order valence-corrected chi connectivity index (χ2v) is 8.68. The van der Waals surface area contributed by atoms with Crippen LogP contribution in [0.2, 0.25) is 0 Å². The van der Waals surface area contributed by atoms with Gasteiger partial charge in [-0.2, -0.15) is 4.31 Å². The third-order valence-corrected chi connectivity index (χ3v) is 8.09. The molecule has 0 amide bonds. The molecular weight excluding hydrogens is 292 g/mol. The van der Waals surface area contributed by atoms with Crippen molar-refractivity contribution >= 4 is 21.4 Å². The van der Waals surface area contributed by atoms with E-state index in [4.69, 9.17) is 5.73 Å². The summed E-state index contributed by atoms with van der Waals surface area (Å²) in [6.07, 6.45) is 5.53. The zero-order valence-corrected chi connectivity index (χ0v) is 13.5. The first-order chi connectivity index (χ1) is 9.55. The molecule has 1 saturated heterocycles. The zero-order chi connectivity index (χ0) is 14.3. The Balaban J connectivity index is 2.00. The van der Waals surface area contributed by atoms with Crippen LogP contribution in [0.25, 0.3) is 0 Å². The Morgan fingerprint density at radius 2 is 2.10 bits per heavy atom. The number of hydrogen-bond acceptors (Lipinski definition) is 4. The monoisotopic (exact) mass is 314 g/mol. The molecule has 2 heterocycles. The van der Waals surface area contributed by atoms with Crippen LogP contribution < -0.4 is 5.73 Å². The molecule has 4 nitrogen and oxygen atoms in total. The van der Waals surface area contributed by atoms with Crippen LogP contribution in [0.3, 0.4) is 0 Å². The van der Waals surface area contributed by atoms with Crippen LogP contribution in [-0.4, -0.2) is 25.3 Å². The summed E-state index contributed by atoms with van der Waals surface area (Å²) >= 11 is 1.46. The van der Waals surface area contributed by atoms with E-state index in [9.17, 15) is 8.42 Å². The van der Waals surface area contributed by atoms with Crippen LogP contribution in [0.15, 0.2) is 10.3 Å². The van der Waals surface area contributed by atoms with Gasteiger partial charge in [0.05, 0.1) is 0 Å². The van der Waals surface area contributed by atoms with Crippen LogP contribution >= 0.6 is 11.3 Å². The Hall–Kier alpha value is -0.430. The molecule has 2 atom stereocenters. The molecule has 2 N–H and O–H groups in total. The average molecular weight is 314 g/mol. The first-order valence-electron chi connectivity index (χ1n) is 7.34. The van der Waals surface area contributed by atoms with E-state index < -0.39 is 10.0 Å². The number of aryl methyl sites for hydroxylation is 1. The van der Waals surface area contributed by atoms with Gasteiger partial charge in [0.25, 0.3) is 0 Å². The summed E-state index contributed by atoms with van der Waals surface area (Å²) in [4.78, 5) is 1.28. The van der Waals surface area contributed by atoms with E-state index in [1.807, 2.05) is 12.3 Å². The molecule has 0 bridgehead atoms. The molecule has 20 heavy (non-hydrogen) atoms. The summed E-state index contributed by atoms with van der Waals surface area (Å²) in [6.45, 7) is 2.84. The Bertz CT molecular complexity index is 594. The van der Waals surface area contributed by atoms with Gasteiger partial charge in [0.15, 0.2) is 0 Å². The van der Waals surface area contributed by atoms with Gasteiger partial charge in [-0.15, -0.1) is 11.3 Å². The normalized spacial score (nSPS) is 27.7. The lowest BCUT2D eigenvalue weighted by molar-refractivity contribution is 0.202. The highest BCUT2D eigenvalue weighted by atomic mass is 32.2. The molecule has 2 fully saturated rings. The fraction of sp³-hybridized carbons (Fsp3) is 0.714. The zero-order valence-electron chi connectivity index (χ0n) is 11.8. The van der Waals surface area contributed by atoms with E-state index in [-0.39, 0.29) is 6.04 Å². The van der Waals surface area contributed by atoms with Crippen LogP contribution in [-0.2, 0) is 16.6 Å². The van der Waals surface area contributed by atoms with Crippen molar-refractivity contribution in [1.82, 2.24) is 4.31 Å². The van der Waals surface area contributed by atoms with E-state index >= 15 is 0 Å². The molecule has 0 radical (unpaired) electrons. The van der Waals surface area contributed by atoms with Crippen molar-refractivity contribution in [3.63, 3.8) is 0 Å². The van der Waals surface area contributed by atoms with Crippen molar-refractivity contribution in [2.24, 2.45) is 11.7 Å². The number of thiophene rings is 1. The highest BCUT2D eigenvalue weighted by Gasteiger charge is 2.42. The number of hydrogen-bond donors (Lipinski definition) is 1. The molecular formula is C14H22N2O2S2. The van der Waals surface area contributed by atoms with Gasteiger partial charge in [-0.1, -0.05) is 6.42 Å². The molecule has 1 aromatic heterocycles. The molecule has 0 aromatic carbocycles. The largest absolute Gasteiger partial charge is 0.326 e. The second-order valence-electron chi connectivity index (χ2n) is 5.89. The standard InChI is InChI=1S/C14H22N2O2S2/c1-10-9-19-13(8-15)14(10)20(17,18)16-7-3-5-11-4-2-6-12(11)16/h9,11-12H,2-8,15H2,1H3. The summed E-state index contributed by atoms with van der Waals surface area (Å²) in [7, 11) is -3.38. The van der Waals surface area contributed by atoms with Gasteiger partial charge in [0.1, 0.15) is 4.90 Å². The lowest BCUT2D eigenvalue weighted by Gasteiger charge is -2.36. The number of rotatable bonds is 3. The minimum absolute atomic E-state index is 0.221. The summed E-state index contributed by atoms with van der Waals surface area (Å²) in [5, 5.41) is 1.91. The molecule has 1 saturated carbocycles. The van der Waals surface area contributed by atoms with Crippen molar-refractivity contribution in [2.75, 3.05) is 6.54 Å². The molecule has 1 aliphatic heterocycles. The van der Waals surface area contributed by atoms with E-state index in [0.29, 0.717) is 23.9 Å². The number of nitrogens with two attached hydrogens (primary N) is 1. The highest BCUT2D eigenvalue weighted by molar-refractivity contribution is 7.89. The maximum absolute atomic E-state index is 13.1. The van der Waals surface area contributed by atoms with E-state index in [1.54, 1.807) is 4.31 Å². The van der Waals surface area contributed by atoms with Crippen molar-refractivity contribution in [3.8, 4) is 0 Å². The first-order valence-corrected chi connectivity index (χ1v) is 9.66. The van der Waals surface area contributed by atoms with Gasteiger partial charge in [0, 0.05) is 24.0 Å². The Labute approximate surface area is 125 Å². The smallest absolute Gasteiger partial charge is 0.244 e. The summed E-state index contributed by atoms with van der Waals surface area (Å²) in [5.41, 5.74) is 6.57. The predicted molar refractivity (Wildman–Crippen MR) is 81.2 cm³/mol. The van der Waals surface area contributed by atoms with Crippen LogP contribution in [0, 0.1) is 12.8 Å². The molecule has 112 valence electrons. The van der Waals surface area contributed by atoms with Crippen LogP contribution in [0.5, 0.6) is 0 Å². The van der Waals surface area contributed by atoms with Gasteiger partial charge in [0.2, 0.25) is 10.0 Å². The third-order valence-electron chi connectivity index (χ3n) is 4.68. The van der Waals surface area contributed by atoms with Crippen LogP contribution in [0.1, 0.15) is 42.5 Å². The summed E-state index contributed by atoms with van der Waals surface area (Å²) in [6, 6.07) is 0.221. The number of piperidine rings is 1. The highest BCUT2D eigenvalue weighted by Crippen LogP contribution is 2.41. The number of nitrogens with zero attached hydrogens (tertiary/aromatic N) is 1. The molecule has 2 aliphatic rings. The van der Waals surface area contributed by atoms with E-state index in [0.717, 1.165) is 29.7 Å². The molecule has 6 heteroatoms. The average Bonchev–Trinajstić information content (AvgIpc) is 3.03. The van der Waals surface area contributed by atoms with Gasteiger partial charge < -0.3 is 5.73 Å². The minimum atomic E-state index is -3.38. The molecule has 3 rings (SSSR count). The van der Waals surface area contributed by atoms with Crippen LogP contribution in [0.4, 0.5) is 0 Å². The quantitative estimate of drug-likeness (QED) is 0.932. The Kier molecular flexibility index (Phi) is 3.92. The third kappa shape index (κ3) is 2.22. The molecule has 0 spiro atoms. The molecule has 2 unspecified atom stereocenters. The van der Waals surface area contributed by atoms with E-state index in [1.165, 1.54) is 24.2 Å². The minimum Gasteiger partial charge on any atom is -0.326 e. The van der Waals surface area contributed by atoms with Crippen molar-refractivity contribution in [1.29, 1.82) is 0 Å². The van der Waals surface area contributed by atoms with Crippen molar-refractivity contribution in [2.45, 2.75) is 56.5 Å². The van der Waals surface area contributed by atoms with Crippen molar-refractivity contribution < 1.29 is 8.42 Å².